The smallest absolute Gasteiger partial charge is 0.228 e. The topological polar surface area (TPSA) is 56.5 Å². The van der Waals surface area contributed by atoms with Crippen molar-refractivity contribution in [1.29, 1.82) is 5.41 Å². The molecule has 0 unspecified atom stereocenters. The molecule has 0 aromatic heterocycles. The molecule has 0 saturated heterocycles. The van der Waals surface area contributed by atoms with Gasteiger partial charge in [0.2, 0.25) is 5.91 Å². The average molecular weight is 311 g/mol. The van der Waals surface area contributed by atoms with E-state index < -0.39 is 0 Å². The van der Waals surface area contributed by atoms with Gasteiger partial charge in [-0.3, -0.25) is 14.7 Å². The zero-order chi connectivity index (χ0) is 17.6. The SMILES string of the molecule is C=C(C)N(C(C)=O)c1cc(/C(C=N)=C/N=CC)ccc1C(C)C. The van der Waals surface area contributed by atoms with Crippen molar-refractivity contribution >= 4 is 29.6 Å². The van der Waals surface area contributed by atoms with Gasteiger partial charge < -0.3 is 5.41 Å². The molecule has 0 aliphatic heterocycles. The highest BCUT2D eigenvalue weighted by Crippen LogP contribution is 2.32. The number of nitrogens with zero attached hydrogens (tertiary/aromatic N) is 2. The Hall–Kier alpha value is -2.49. The number of hydrogen-bond donors (Lipinski definition) is 1. The number of hydrogen-bond acceptors (Lipinski definition) is 3. The molecule has 1 rings (SSSR count). The summed E-state index contributed by atoms with van der Waals surface area (Å²) < 4.78 is 0. The van der Waals surface area contributed by atoms with E-state index in [2.05, 4.69) is 25.4 Å². The van der Waals surface area contributed by atoms with Crippen LogP contribution in [0, 0.1) is 5.41 Å². The van der Waals surface area contributed by atoms with Crippen LogP contribution in [0.15, 0.2) is 41.7 Å². The molecular weight excluding hydrogens is 286 g/mol. The third-order valence-corrected chi connectivity index (χ3v) is 3.44. The van der Waals surface area contributed by atoms with Gasteiger partial charge in [0.25, 0.3) is 0 Å². The van der Waals surface area contributed by atoms with Crippen LogP contribution < -0.4 is 4.90 Å². The average Bonchev–Trinajstić information content (AvgIpc) is 2.47. The maximum Gasteiger partial charge on any atom is 0.228 e. The molecule has 0 aliphatic carbocycles. The third-order valence-electron chi connectivity index (χ3n) is 3.44. The van der Waals surface area contributed by atoms with Gasteiger partial charge in [-0.15, -0.1) is 0 Å². The van der Waals surface area contributed by atoms with Gasteiger partial charge in [-0.2, -0.15) is 0 Å². The Morgan fingerprint density at radius 3 is 2.43 bits per heavy atom. The minimum Gasteiger partial charge on any atom is -0.308 e. The van der Waals surface area contributed by atoms with E-state index in [1.807, 2.05) is 32.0 Å². The Labute approximate surface area is 138 Å². The number of carbonyl (C=O) groups excluding carboxylic acids is 1. The summed E-state index contributed by atoms with van der Waals surface area (Å²) >= 11 is 0. The molecule has 1 aromatic rings. The second-order valence-electron chi connectivity index (χ2n) is 5.65. The molecule has 0 spiro atoms. The molecule has 4 nitrogen and oxygen atoms in total. The highest BCUT2D eigenvalue weighted by molar-refractivity contribution is 6.09. The van der Waals surface area contributed by atoms with Gasteiger partial charge >= 0.3 is 0 Å². The summed E-state index contributed by atoms with van der Waals surface area (Å²) in [6.45, 7) is 13.3. The molecule has 0 saturated carbocycles. The fourth-order valence-electron chi connectivity index (χ4n) is 2.40. The van der Waals surface area contributed by atoms with Gasteiger partial charge in [-0.1, -0.05) is 32.6 Å². The maximum absolute atomic E-state index is 12.1. The first-order valence-corrected chi connectivity index (χ1v) is 7.62. The van der Waals surface area contributed by atoms with Crippen molar-refractivity contribution in [3.63, 3.8) is 0 Å². The Bertz CT molecular complexity index is 655. The van der Waals surface area contributed by atoms with Gasteiger partial charge in [-0.05, 0) is 37.0 Å². The molecule has 0 bridgehead atoms. The second-order valence-corrected chi connectivity index (χ2v) is 5.65. The van der Waals surface area contributed by atoms with Crippen LogP contribution in [-0.2, 0) is 4.79 Å². The van der Waals surface area contributed by atoms with Gasteiger partial charge in [0.05, 0.1) is 5.69 Å². The van der Waals surface area contributed by atoms with E-state index >= 15 is 0 Å². The first kappa shape index (κ1) is 18.6. The molecule has 0 atom stereocenters. The number of carbonyl (C=O) groups is 1. The van der Waals surface area contributed by atoms with Crippen LogP contribution in [-0.4, -0.2) is 18.3 Å². The van der Waals surface area contributed by atoms with Gasteiger partial charge in [0.1, 0.15) is 0 Å². The van der Waals surface area contributed by atoms with E-state index in [9.17, 15) is 4.79 Å². The first-order chi connectivity index (χ1) is 10.8. The van der Waals surface area contributed by atoms with Crippen LogP contribution in [0.3, 0.4) is 0 Å². The summed E-state index contributed by atoms with van der Waals surface area (Å²) in [6, 6.07) is 5.88. The first-order valence-electron chi connectivity index (χ1n) is 7.62. The molecule has 1 aromatic carbocycles. The number of allylic oxidation sites excluding steroid dienone is 2. The van der Waals surface area contributed by atoms with E-state index in [1.54, 1.807) is 17.3 Å². The highest BCUT2D eigenvalue weighted by Gasteiger charge is 2.19. The predicted molar refractivity (Wildman–Crippen MR) is 99.4 cm³/mol. The van der Waals surface area contributed by atoms with Gasteiger partial charge in [0, 0.05) is 36.8 Å². The summed E-state index contributed by atoms with van der Waals surface area (Å²) in [5.74, 6) is 0.185. The fraction of sp³-hybridized carbons (Fsp3) is 0.316. The van der Waals surface area contributed by atoms with Crippen LogP contribution in [0.1, 0.15) is 51.7 Å². The predicted octanol–water partition coefficient (Wildman–Crippen LogP) is 4.78. The number of nitrogens with one attached hydrogen (secondary N) is 1. The molecular formula is C19H25N3O. The molecule has 1 N–H and O–H groups in total. The van der Waals surface area contributed by atoms with Crippen LogP contribution in [0.5, 0.6) is 0 Å². The van der Waals surface area contributed by atoms with Crippen molar-refractivity contribution in [3.05, 3.63) is 47.8 Å². The molecule has 0 aliphatic rings. The van der Waals surface area contributed by atoms with E-state index in [4.69, 9.17) is 5.41 Å². The molecule has 0 radical (unpaired) electrons. The van der Waals surface area contributed by atoms with E-state index in [0.29, 0.717) is 11.3 Å². The third kappa shape index (κ3) is 4.49. The summed E-state index contributed by atoms with van der Waals surface area (Å²) in [5.41, 5.74) is 4.08. The fourth-order valence-corrected chi connectivity index (χ4v) is 2.40. The normalized spacial score (nSPS) is 11.8. The molecule has 0 fully saturated rings. The Kier molecular flexibility index (Phi) is 6.64. The van der Waals surface area contributed by atoms with E-state index in [-0.39, 0.29) is 11.8 Å². The van der Waals surface area contributed by atoms with Crippen molar-refractivity contribution in [2.75, 3.05) is 4.90 Å². The standard InChI is InChI=1S/C19H25N3O/c1-7-21-12-17(11-20)16-8-9-18(13(2)3)19(10-16)22(14(4)5)15(6)23/h7-13,20H,4H2,1-3,5-6H3/b17-12+,20-11?,21-7?. The molecule has 4 heteroatoms. The van der Waals surface area contributed by atoms with Crippen molar-refractivity contribution in [2.45, 2.75) is 40.5 Å². The summed E-state index contributed by atoms with van der Waals surface area (Å²) in [7, 11) is 0. The van der Waals surface area contributed by atoms with Gasteiger partial charge in [-0.25, -0.2) is 0 Å². The van der Waals surface area contributed by atoms with Gasteiger partial charge in [0.15, 0.2) is 0 Å². The maximum atomic E-state index is 12.1. The van der Waals surface area contributed by atoms with Crippen molar-refractivity contribution in [3.8, 4) is 0 Å². The zero-order valence-electron chi connectivity index (χ0n) is 14.6. The van der Waals surface area contributed by atoms with E-state index in [0.717, 1.165) is 16.8 Å². The highest BCUT2D eigenvalue weighted by atomic mass is 16.2. The quantitative estimate of drug-likeness (QED) is 0.755. The van der Waals surface area contributed by atoms with E-state index in [1.165, 1.54) is 13.1 Å². The number of benzene rings is 1. The number of aliphatic imine (C=N–C) groups is 1. The Morgan fingerprint density at radius 1 is 1.35 bits per heavy atom. The Morgan fingerprint density at radius 2 is 2.00 bits per heavy atom. The van der Waals surface area contributed by atoms with Crippen LogP contribution in [0.25, 0.3) is 5.57 Å². The number of anilines is 1. The van der Waals surface area contributed by atoms with Crippen LogP contribution in [0.4, 0.5) is 5.69 Å². The zero-order valence-corrected chi connectivity index (χ0v) is 14.6. The summed E-state index contributed by atoms with van der Waals surface area (Å²) in [4.78, 5) is 17.8. The van der Waals surface area contributed by atoms with Crippen LogP contribution >= 0.6 is 0 Å². The van der Waals surface area contributed by atoms with Crippen LogP contribution in [0.2, 0.25) is 0 Å². The largest absolute Gasteiger partial charge is 0.308 e. The van der Waals surface area contributed by atoms with Crippen molar-refractivity contribution in [2.24, 2.45) is 4.99 Å². The monoisotopic (exact) mass is 311 g/mol. The number of amides is 1. The Balaban J connectivity index is 3.58. The lowest BCUT2D eigenvalue weighted by molar-refractivity contribution is -0.116. The minimum absolute atomic E-state index is 0.0801. The lowest BCUT2D eigenvalue weighted by Crippen LogP contribution is -2.27. The molecule has 23 heavy (non-hydrogen) atoms. The molecule has 0 heterocycles. The van der Waals surface area contributed by atoms with Crippen molar-refractivity contribution in [1.82, 2.24) is 0 Å². The summed E-state index contributed by atoms with van der Waals surface area (Å²) in [5, 5.41) is 7.60. The molecule has 122 valence electrons. The molecule has 1 amide bonds. The second kappa shape index (κ2) is 8.22. The lowest BCUT2D eigenvalue weighted by Gasteiger charge is -2.26. The van der Waals surface area contributed by atoms with Crippen molar-refractivity contribution < 1.29 is 4.79 Å². The minimum atomic E-state index is -0.0801. The number of rotatable bonds is 6. The lowest BCUT2D eigenvalue weighted by atomic mass is 9.96. The summed E-state index contributed by atoms with van der Waals surface area (Å²) in [6.07, 6.45) is 4.57.